The SMILES string of the molecule is CC.COC1CCCCC1F. The van der Waals surface area contributed by atoms with Crippen LogP contribution in [0.15, 0.2) is 0 Å². The molecule has 1 saturated carbocycles. The Bertz CT molecular complexity index is 85.6. The molecule has 2 heteroatoms. The summed E-state index contributed by atoms with van der Waals surface area (Å²) in [5, 5.41) is 0. The lowest BCUT2D eigenvalue weighted by molar-refractivity contribution is 0.00586. The lowest BCUT2D eigenvalue weighted by atomic mass is 9.96. The van der Waals surface area contributed by atoms with Crippen LogP contribution in [0.25, 0.3) is 0 Å². The van der Waals surface area contributed by atoms with Crippen molar-refractivity contribution in [3.63, 3.8) is 0 Å². The van der Waals surface area contributed by atoms with E-state index in [0.717, 1.165) is 19.3 Å². The number of ether oxygens (including phenoxy) is 1. The number of alkyl halides is 1. The molecular weight excluding hydrogens is 143 g/mol. The number of methoxy groups -OCH3 is 1. The Kier molecular flexibility index (Phi) is 6.52. The molecule has 0 heterocycles. The van der Waals surface area contributed by atoms with Gasteiger partial charge in [0.2, 0.25) is 0 Å². The summed E-state index contributed by atoms with van der Waals surface area (Å²) in [6.07, 6.45) is 2.93. The van der Waals surface area contributed by atoms with E-state index in [9.17, 15) is 4.39 Å². The molecule has 1 nitrogen and oxygen atoms in total. The van der Waals surface area contributed by atoms with Gasteiger partial charge in [-0.25, -0.2) is 4.39 Å². The summed E-state index contributed by atoms with van der Waals surface area (Å²) < 4.78 is 17.7. The number of hydrogen-bond donors (Lipinski definition) is 0. The molecule has 0 bridgehead atoms. The van der Waals surface area contributed by atoms with Gasteiger partial charge in [-0.1, -0.05) is 26.7 Å². The topological polar surface area (TPSA) is 9.23 Å². The molecule has 0 spiro atoms. The minimum absolute atomic E-state index is 0.112. The minimum Gasteiger partial charge on any atom is -0.378 e. The maximum Gasteiger partial charge on any atom is 0.126 e. The molecule has 0 radical (unpaired) electrons. The molecule has 11 heavy (non-hydrogen) atoms. The van der Waals surface area contributed by atoms with E-state index in [-0.39, 0.29) is 6.10 Å². The molecule has 2 atom stereocenters. The molecule has 1 aliphatic rings. The van der Waals surface area contributed by atoms with Crippen LogP contribution in [-0.2, 0) is 4.74 Å². The van der Waals surface area contributed by atoms with E-state index in [1.165, 1.54) is 0 Å². The summed E-state index contributed by atoms with van der Waals surface area (Å²) in [7, 11) is 1.59. The predicted octanol–water partition coefficient (Wildman–Crippen LogP) is 2.94. The van der Waals surface area contributed by atoms with Crippen LogP contribution >= 0.6 is 0 Å². The van der Waals surface area contributed by atoms with Crippen LogP contribution in [0.4, 0.5) is 4.39 Å². The van der Waals surface area contributed by atoms with Crippen molar-refractivity contribution in [1.29, 1.82) is 0 Å². The van der Waals surface area contributed by atoms with Gasteiger partial charge in [-0.05, 0) is 12.8 Å². The zero-order valence-corrected chi connectivity index (χ0v) is 7.77. The molecule has 1 aliphatic carbocycles. The van der Waals surface area contributed by atoms with Gasteiger partial charge in [0.25, 0.3) is 0 Å². The van der Waals surface area contributed by atoms with E-state index in [1.54, 1.807) is 7.11 Å². The fourth-order valence-electron chi connectivity index (χ4n) is 1.32. The summed E-state index contributed by atoms with van der Waals surface area (Å²) in [4.78, 5) is 0. The summed E-state index contributed by atoms with van der Waals surface area (Å²) in [5.41, 5.74) is 0. The average Bonchev–Trinajstić information content (AvgIpc) is 2.09. The third-order valence-corrected chi connectivity index (χ3v) is 1.92. The molecule has 1 rings (SSSR count). The van der Waals surface area contributed by atoms with Crippen molar-refractivity contribution in [2.24, 2.45) is 0 Å². The Morgan fingerprint density at radius 3 is 2.09 bits per heavy atom. The van der Waals surface area contributed by atoms with Crippen LogP contribution in [0.2, 0.25) is 0 Å². The molecule has 0 aromatic carbocycles. The maximum absolute atomic E-state index is 12.7. The molecule has 0 aromatic heterocycles. The summed E-state index contributed by atoms with van der Waals surface area (Å²) >= 11 is 0. The van der Waals surface area contributed by atoms with Crippen molar-refractivity contribution < 1.29 is 9.13 Å². The molecule has 2 unspecified atom stereocenters. The summed E-state index contributed by atoms with van der Waals surface area (Å²) in [5.74, 6) is 0. The summed E-state index contributed by atoms with van der Waals surface area (Å²) in [6.45, 7) is 4.00. The van der Waals surface area contributed by atoms with E-state index in [0.29, 0.717) is 6.42 Å². The highest BCUT2D eigenvalue weighted by Crippen LogP contribution is 2.22. The Balaban J connectivity index is 0.000000461. The van der Waals surface area contributed by atoms with Crippen molar-refractivity contribution in [3.8, 4) is 0 Å². The third kappa shape index (κ3) is 3.71. The predicted molar refractivity (Wildman–Crippen MR) is 45.5 cm³/mol. The Morgan fingerprint density at radius 2 is 1.73 bits per heavy atom. The van der Waals surface area contributed by atoms with Gasteiger partial charge in [-0.15, -0.1) is 0 Å². The average molecular weight is 162 g/mol. The second-order valence-corrected chi connectivity index (χ2v) is 2.57. The van der Waals surface area contributed by atoms with Gasteiger partial charge in [-0.2, -0.15) is 0 Å². The van der Waals surface area contributed by atoms with E-state index in [4.69, 9.17) is 4.74 Å². The Labute approximate surface area is 68.9 Å². The fraction of sp³-hybridized carbons (Fsp3) is 1.00. The monoisotopic (exact) mass is 162 g/mol. The zero-order chi connectivity index (χ0) is 8.69. The number of rotatable bonds is 1. The van der Waals surface area contributed by atoms with Crippen LogP contribution in [0, 0.1) is 0 Å². The Hall–Kier alpha value is -0.110. The fourth-order valence-corrected chi connectivity index (χ4v) is 1.32. The van der Waals surface area contributed by atoms with Gasteiger partial charge in [0.15, 0.2) is 0 Å². The van der Waals surface area contributed by atoms with Gasteiger partial charge in [-0.3, -0.25) is 0 Å². The second-order valence-electron chi connectivity index (χ2n) is 2.57. The van der Waals surface area contributed by atoms with Crippen molar-refractivity contribution in [1.82, 2.24) is 0 Å². The first-order valence-corrected chi connectivity index (χ1v) is 4.51. The first-order valence-electron chi connectivity index (χ1n) is 4.51. The van der Waals surface area contributed by atoms with Crippen molar-refractivity contribution >= 4 is 0 Å². The van der Waals surface area contributed by atoms with Crippen molar-refractivity contribution in [2.45, 2.75) is 51.8 Å². The molecule has 68 valence electrons. The van der Waals surface area contributed by atoms with E-state index in [2.05, 4.69) is 0 Å². The van der Waals surface area contributed by atoms with Crippen LogP contribution in [-0.4, -0.2) is 19.4 Å². The highest BCUT2D eigenvalue weighted by Gasteiger charge is 2.23. The molecule has 0 N–H and O–H groups in total. The standard InChI is InChI=1S/C7H13FO.C2H6/c1-9-7-5-3-2-4-6(7)8;1-2/h6-7H,2-5H2,1H3;1-2H3. The van der Waals surface area contributed by atoms with Gasteiger partial charge in [0, 0.05) is 7.11 Å². The van der Waals surface area contributed by atoms with Gasteiger partial charge in [0.05, 0.1) is 6.10 Å². The maximum atomic E-state index is 12.7. The lowest BCUT2D eigenvalue weighted by Gasteiger charge is -2.23. The highest BCUT2D eigenvalue weighted by molar-refractivity contribution is 4.74. The first-order chi connectivity index (χ1) is 5.34. The van der Waals surface area contributed by atoms with Crippen LogP contribution in [0.3, 0.4) is 0 Å². The molecule has 1 fully saturated rings. The first kappa shape index (κ1) is 10.9. The number of halogens is 1. The third-order valence-electron chi connectivity index (χ3n) is 1.92. The van der Waals surface area contributed by atoms with E-state index in [1.807, 2.05) is 13.8 Å². The van der Waals surface area contributed by atoms with Gasteiger partial charge < -0.3 is 4.74 Å². The zero-order valence-electron chi connectivity index (χ0n) is 7.77. The van der Waals surface area contributed by atoms with Crippen LogP contribution < -0.4 is 0 Å². The largest absolute Gasteiger partial charge is 0.378 e. The molecule has 0 aliphatic heterocycles. The van der Waals surface area contributed by atoms with Crippen molar-refractivity contribution in [2.75, 3.05) is 7.11 Å². The van der Waals surface area contributed by atoms with Crippen LogP contribution in [0.1, 0.15) is 39.5 Å². The highest BCUT2D eigenvalue weighted by atomic mass is 19.1. The van der Waals surface area contributed by atoms with E-state index < -0.39 is 6.17 Å². The van der Waals surface area contributed by atoms with Crippen molar-refractivity contribution in [3.05, 3.63) is 0 Å². The summed E-state index contributed by atoms with van der Waals surface area (Å²) in [6, 6.07) is 0. The number of hydrogen-bond acceptors (Lipinski definition) is 1. The molecular formula is C9H19FO. The lowest BCUT2D eigenvalue weighted by Crippen LogP contribution is -2.27. The quantitative estimate of drug-likeness (QED) is 0.576. The smallest absolute Gasteiger partial charge is 0.126 e. The molecule has 0 saturated heterocycles. The minimum atomic E-state index is -0.705. The molecule has 0 aromatic rings. The van der Waals surface area contributed by atoms with Crippen LogP contribution in [0.5, 0.6) is 0 Å². The van der Waals surface area contributed by atoms with E-state index >= 15 is 0 Å². The Morgan fingerprint density at radius 1 is 1.18 bits per heavy atom. The van der Waals surface area contributed by atoms with Gasteiger partial charge in [0.1, 0.15) is 6.17 Å². The van der Waals surface area contributed by atoms with Gasteiger partial charge >= 0.3 is 0 Å². The normalized spacial score (nSPS) is 30.5. The molecule has 0 amide bonds. The second kappa shape index (κ2) is 6.59.